The second kappa shape index (κ2) is 4.44. The van der Waals surface area contributed by atoms with E-state index >= 15 is 0 Å². The quantitative estimate of drug-likeness (QED) is 0.750. The molecule has 6 heteroatoms. The van der Waals surface area contributed by atoms with Crippen LogP contribution >= 0.6 is 0 Å². The molecule has 1 aliphatic rings. The van der Waals surface area contributed by atoms with E-state index in [1.165, 1.54) is 12.1 Å². The normalized spacial score (nSPS) is 15.6. The van der Waals surface area contributed by atoms with E-state index in [1.807, 2.05) is 0 Å². The number of carbonyl (C=O) groups is 1. The summed E-state index contributed by atoms with van der Waals surface area (Å²) < 4.78 is 41.4. The lowest BCUT2D eigenvalue weighted by atomic mass is 10.2. The Balaban J connectivity index is 2.24. The highest BCUT2D eigenvalue weighted by molar-refractivity contribution is 7.91. The maximum Gasteiger partial charge on any atom is 0.298 e. The third-order valence-electron chi connectivity index (χ3n) is 2.59. The fourth-order valence-corrected chi connectivity index (χ4v) is 3.30. The molecule has 0 bridgehead atoms. The van der Waals surface area contributed by atoms with E-state index in [4.69, 9.17) is 0 Å². The summed E-state index contributed by atoms with van der Waals surface area (Å²) in [6, 6.07) is 3.61. The van der Waals surface area contributed by atoms with Crippen LogP contribution in [0.25, 0.3) is 0 Å². The van der Waals surface area contributed by atoms with Crippen LogP contribution < -0.4 is 4.74 Å². The summed E-state index contributed by atoms with van der Waals surface area (Å²) in [7, 11) is -3.28. The van der Waals surface area contributed by atoms with Gasteiger partial charge in [-0.3, -0.25) is 4.79 Å². The Morgan fingerprint density at radius 3 is 2.71 bits per heavy atom. The summed E-state index contributed by atoms with van der Waals surface area (Å²) in [5, 5.41) is -0.336. The first-order valence-corrected chi connectivity index (χ1v) is 6.85. The van der Waals surface area contributed by atoms with Gasteiger partial charge in [-0.1, -0.05) is 0 Å². The topological polar surface area (TPSA) is 60.4 Å². The summed E-state index contributed by atoms with van der Waals surface area (Å²) in [5.41, 5.74) is 0.0382. The summed E-state index contributed by atoms with van der Waals surface area (Å²) >= 11 is 0. The van der Waals surface area contributed by atoms with Gasteiger partial charge in [0.2, 0.25) is 0 Å². The monoisotopic (exact) mass is 258 g/mol. The van der Waals surface area contributed by atoms with Gasteiger partial charge < -0.3 is 4.74 Å². The van der Waals surface area contributed by atoms with E-state index in [0.717, 1.165) is 6.07 Å². The third-order valence-corrected chi connectivity index (χ3v) is 4.79. The zero-order chi connectivity index (χ0) is 12.5. The number of carbonyl (C=O) groups excluding carboxylic acids is 1. The summed E-state index contributed by atoms with van der Waals surface area (Å²) in [5.74, 6) is -0.811. The Hall–Kier alpha value is -1.43. The molecule has 0 spiro atoms. The van der Waals surface area contributed by atoms with E-state index in [9.17, 15) is 17.6 Å². The molecule has 0 aromatic heterocycles. The number of rotatable bonds is 5. The smallest absolute Gasteiger partial charge is 0.298 e. The first-order valence-electron chi connectivity index (χ1n) is 5.13. The molecule has 0 N–H and O–H groups in total. The van der Waals surface area contributed by atoms with Crippen LogP contribution in [-0.2, 0) is 20.4 Å². The Labute approximate surface area is 98.3 Å². The van der Waals surface area contributed by atoms with E-state index in [1.54, 1.807) is 0 Å². The zero-order valence-electron chi connectivity index (χ0n) is 8.93. The Kier molecular flexibility index (Phi) is 3.15. The molecule has 17 heavy (non-hydrogen) atoms. The Morgan fingerprint density at radius 2 is 2.12 bits per heavy atom. The van der Waals surface area contributed by atoms with Gasteiger partial charge in [-0.2, -0.15) is 0 Å². The van der Waals surface area contributed by atoms with Crippen LogP contribution in [0.5, 0.6) is 5.75 Å². The van der Waals surface area contributed by atoms with E-state index in [-0.39, 0.29) is 28.8 Å². The van der Waals surface area contributed by atoms with Crippen LogP contribution in [0.1, 0.15) is 18.4 Å². The second-order valence-corrected chi connectivity index (χ2v) is 6.25. The van der Waals surface area contributed by atoms with Crippen LogP contribution in [0.4, 0.5) is 4.39 Å². The molecule has 0 unspecified atom stereocenters. The van der Waals surface area contributed by atoms with Crippen molar-refractivity contribution >= 4 is 16.3 Å². The number of sulfone groups is 1. The van der Waals surface area contributed by atoms with E-state index < -0.39 is 15.7 Å². The van der Waals surface area contributed by atoms with Crippen LogP contribution in [-0.4, -0.2) is 20.1 Å². The fraction of sp³-hybridized carbons (Fsp3) is 0.364. The molecule has 0 radical (unpaired) electrons. The van der Waals surface area contributed by atoms with Crippen molar-refractivity contribution in [1.82, 2.24) is 0 Å². The third kappa shape index (κ3) is 2.82. The van der Waals surface area contributed by atoms with E-state index in [0.29, 0.717) is 12.8 Å². The fourth-order valence-electron chi connectivity index (χ4n) is 1.55. The SMILES string of the molecule is O=COc1ccc(F)c(CS(=O)(=O)C2CC2)c1. The van der Waals surface area contributed by atoms with Crippen molar-refractivity contribution in [2.45, 2.75) is 23.8 Å². The molecule has 92 valence electrons. The molecule has 1 aromatic rings. The standard InChI is InChI=1S/C11H11FO4S/c12-11-4-1-9(16-7-13)5-8(11)6-17(14,15)10-2-3-10/h1,4-5,7,10H,2-3,6H2. The van der Waals surface area contributed by atoms with Gasteiger partial charge in [0.25, 0.3) is 6.47 Å². The lowest BCUT2D eigenvalue weighted by Gasteiger charge is -2.06. The molecule has 0 heterocycles. The van der Waals surface area contributed by atoms with Gasteiger partial charge >= 0.3 is 0 Å². The van der Waals surface area contributed by atoms with Crippen molar-refractivity contribution in [3.05, 3.63) is 29.6 Å². The molecule has 0 atom stereocenters. The first-order chi connectivity index (χ1) is 8.03. The Morgan fingerprint density at radius 1 is 1.41 bits per heavy atom. The molecule has 1 aromatic carbocycles. The number of ether oxygens (including phenoxy) is 1. The maximum absolute atomic E-state index is 13.4. The summed E-state index contributed by atoms with van der Waals surface area (Å²) in [6.45, 7) is 0.215. The van der Waals surface area contributed by atoms with Crippen LogP contribution in [0.3, 0.4) is 0 Å². The average Bonchev–Trinajstić information content (AvgIpc) is 3.07. The van der Waals surface area contributed by atoms with Crippen molar-refractivity contribution in [3.63, 3.8) is 0 Å². The van der Waals surface area contributed by atoms with Gasteiger partial charge in [0, 0.05) is 5.56 Å². The molecule has 4 nitrogen and oxygen atoms in total. The van der Waals surface area contributed by atoms with Crippen LogP contribution in [0.2, 0.25) is 0 Å². The molecule has 0 saturated heterocycles. The summed E-state index contributed by atoms with van der Waals surface area (Å²) in [6.07, 6.45) is 1.29. The number of benzene rings is 1. The predicted octanol–water partition coefficient (Wildman–Crippen LogP) is 1.44. The molecular weight excluding hydrogens is 247 g/mol. The Bertz CT molecular complexity index is 534. The molecule has 2 rings (SSSR count). The lowest BCUT2D eigenvalue weighted by Crippen LogP contribution is -2.11. The van der Waals surface area contributed by atoms with Crippen LogP contribution in [0, 0.1) is 5.82 Å². The van der Waals surface area contributed by atoms with Gasteiger partial charge in [0.15, 0.2) is 9.84 Å². The number of halogens is 1. The van der Waals surface area contributed by atoms with Crippen molar-refractivity contribution in [2.24, 2.45) is 0 Å². The highest BCUT2D eigenvalue weighted by Gasteiger charge is 2.36. The van der Waals surface area contributed by atoms with Gasteiger partial charge in [-0.05, 0) is 31.0 Å². The predicted molar refractivity (Wildman–Crippen MR) is 58.7 cm³/mol. The van der Waals surface area contributed by atoms with Crippen LogP contribution in [0.15, 0.2) is 18.2 Å². The van der Waals surface area contributed by atoms with Crippen molar-refractivity contribution in [3.8, 4) is 5.75 Å². The first kappa shape index (κ1) is 12.0. The highest BCUT2D eigenvalue weighted by Crippen LogP contribution is 2.31. The molecular formula is C11H11FO4S. The van der Waals surface area contributed by atoms with Crippen molar-refractivity contribution < 1.29 is 22.3 Å². The molecule has 1 fully saturated rings. The van der Waals surface area contributed by atoms with Gasteiger partial charge in [0.05, 0.1) is 11.0 Å². The largest absolute Gasteiger partial charge is 0.429 e. The van der Waals surface area contributed by atoms with E-state index in [2.05, 4.69) is 4.74 Å². The minimum Gasteiger partial charge on any atom is -0.429 e. The minimum absolute atomic E-state index is 0.0382. The molecule has 1 aliphatic carbocycles. The average molecular weight is 258 g/mol. The minimum atomic E-state index is -3.28. The number of hydrogen-bond acceptors (Lipinski definition) is 4. The van der Waals surface area contributed by atoms with Crippen molar-refractivity contribution in [1.29, 1.82) is 0 Å². The van der Waals surface area contributed by atoms with Crippen molar-refractivity contribution in [2.75, 3.05) is 0 Å². The second-order valence-electron chi connectivity index (χ2n) is 3.97. The van der Waals surface area contributed by atoms with Gasteiger partial charge in [0.1, 0.15) is 11.6 Å². The maximum atomic E-state index is 13.4. The zero-order valence-corrected chi connectivity index (χ0v) is 9.74. The van der Waals surface area contributed by atoms with Gasteiger partial charge in [-0.25, -0.2) is 12.8 Å². The molecule has 1 saturated carbocycles. The summed E-state index contributed by atoms with van der Waals surface area (Å²) in [4.78, 5) is 10.1. The van der Waals surface area contributed by atoms with Gasteiger partial charge in [-0.15, -0.1) is 0 Å². The molecule has 0 amide bonds. The number of hydrogen-bond donors (Lipinski definition) is 0. The lowest BCUT2D eigenvalue weighted by molar-refractivity contribution is -0.120. The highest BCUT2D eigenvalue weighted by atomic mass is 32.2. The molecule has 0 aliphatic heterocycles.